The highest BCUT2D eigenvalue weighted by Crippen LogP contribution is 2.31. The van der Waals surface area contributed by atoms with E-state index < -0.39 is 22.7 Å². The van der Waals surface area contributed by atoms with E-state index in [0.717, 1.165) is 32.6 Å². The van der Waals surface area contributed by atoms with E-state index >= 15 is 0 Å². The number of oxazole rings is 1. The zero-order valence-electron chi connectivity index (χ0n) is 21.4. The largest absolute Gasteiger partial charge is 0.493 e. The molecular formula is C28H29N3O6S2. The van der Waals surface area contributed by atoms with Gasteiger partial charge in [0.2, 0.25) is 5.89 Å². The number of carboxylic acids is 1. The van der Waals surface area contributed by atoms with Crippen LogP contribution in [-0.2, 0) is 34.4 Å². The second-order valence-electron chi connectivity index (χ2n) is 9.22. The molecule has 1 aliphatic heterocycles. The van der Waals surface area contributed by atoms with Gasteiger partial charge in [-0.3, -0.25) is 9.10 Å². The van der Waals surface area contributed by atoms with Gasteiger partial charge in [0, 0.05) is 19.5 Å². The molecule has 11 heteroatoms. The van der Waals surface area contributed by atoms with Gasteiger partial charge in [0.05, 0.1) is 22.9 Å². The Morgan fingerprint density at radius 3 is 2.69 bits per heavy atom. The summed E-state index contributed by atoms with van der Waals surface area (Å²) < 4.78 is 41.2. The fourth-order valence-corrected chi connectivity index (χ4v) is 6.87. The molecule has 1 aliphatic rings. The van der Waals surface area contributed by atoms with Crippen LogP contribution in [0.5, 0.6) is 5.75 Å². The van der Waals surface area contributed by atoms with Gasteiger partial charge in [0.25, 0.3) is 0 Å². The van der Waals surface area contributed by atoms with Gasteiger partial charge >= 0.3 is 16.2 Å². The summed E-state index contributed by atoms with van der Waals surface area (Å²) in [6.45, 7) is 1.88. The molecule has 9 nitrogen and oxygen atoms in total. The Balaban J connectivity index is 1.23. The van der Waals surface area contributed by atoms with E-state index in [2.05, 4.69) is 4.98 Å². The molecule has 0 aliphatic carbocycles. The average Bonchev–Trinajstić information content (AvgIpc) is 3.59. The lowest BCUT2D eigenvalue weighted by Crippen LogP contribution is -2.47. The summed E-state index contributed by atoms with van der Waals surface area (Å²) in [5, 5.41) is 11.4. The highest BCUT2D eigenvalue weighted by Gasteiger charge is 2.34. The van der Waals surface area contributed by atoms with Crippen molar-refractivity contribution >= 4 is 33.2 Å². The van der Waals surface area contributed by atoms with Crippen molar-refractivity contribution in [3.8, 4) is 16.5 Å². The number of aliphatic carboxylic acids is 1. The number of hydrogen-bond acceptors (Lipinski definition) is 7. The first-order valence-corrected chi connectivity index (χ1v) is 14.9. The lowest BCUT2D eigenvalue weighted by Gasteiger charge is -2.34. The Kier molecular flexibility index (Phi) is 8.01. The van der Waals surface area contributed by atoms with Crippen LogP contribution in [0.1, 0.15) is 29.0 Å². The minimum Gasteiger partial charge on any atom is -0.493 e. The topological polar surface area (TPSA) is 113 Å². The van der Waals surface area contributed by atoms with Crippen LogP contribution in [0, 0.1) is 6.92 Å². The van der Waals surface area contributed by atoms with Gasteiger partial charge in [-0.15, -0.1) is 11.3 Å². The summed E-state index contributed by atoms with van der Waals surface area (Å²) >= 11 is 1.57. The molecule has 0 radical (unpaired) electrons. The summed E-state index contributed by atoms with van der Waals surface area (Å²) in [5.41, 5.74) is 3.04. The number of fused-ring (bicyclic) bond motifs is 1. The fraction of sp³-hybridized carbons (Fsp3) is 0.286. The normalized spacial score (nSPS) is 13.4. The number of aromatic nitrogens is 1. The number of para-hydroxylation sites is 1. The van der Waals surface area contributed by atoms with E-state index in [1.54, 1.807) is 47.7 Å². The maximum absolute atomic E-state index is 13.6. The van der Waals surface area contributed by atoms with Gasteiger partial charge in [-0.25, -0.2) is 4.98 Å². The summed E-state index contributed by atoms with van der Waals surface area (Å²) in [5.74, 6) is 0.773. The Labute approximate surface area is 231 Å². The first kappa shape index (κ1) is 26.9. The van der Waals surface area contributed by atoms with Gasteiger partial charge in [-0.1, -0.05) is 36.4 Å². The molecule has 2 aromatic heterocycles. The smallest absolute Gasteiger partial charge is 0.318 e. The van der Waals surface area contributed by atoms with Gasteiger partial charge in [-0.05, 0) is 60.5 Å². The fourth-order valence-electron chi connectivity index (χ4n) is 4.57. The second-order valence-corrected chi connectivity index (χ2v) is 12.0. The van der Waals surface area contributed by atoms with Crippen LogP contribution in [0.15, 0.2) is 70.5 Å². The minimum absolute atomic E-state index is 0.0722. The third-order valence-corrected chi connectivity index (χ3v) is 9.20. The van der Waals surface area contributed by atoms with Crippen molar-refractivity contribution in [3.05, 3.63) is 88.6 Å². The molecule has 0 fully saturated rings. The van der Waals surface area contributed by atoms with Gasteiger partial charge in [0.1, 0.15) is 18.1 Å². The van der Waals surface area contributed by atoms with Crippen molar-refractivity contribution in [2.45, 2.75) is 32.7 Å². The molecule has 0 unspecified atom stereocenters. The molecule has 204 valence electrons. The maximum Gasteiger partial charge on any atom is 0.318 e. The zero-order valence-corrected chi connectivity index (χ0v) is 23.1. The van der Waals surface area contributed by atoms with Gasteiger partial charge in [0.15, 0.2) is 0 Å². The SMILES string of the molecule is Cc1oc(-c2cccs2)nc1CCOc1ccc(CN(CC(=O)O)S(=O)(=O)N2CCCc3ccccc32)cc1. The summed E-state index contributed by atoms with van der Waals surface area (Å²) in [7, 11) is -4.06. The Morgan fingerprint density at radius 1 is 1.15 bits per heavy atom. The third-order valence-electron chi connectivity index (χ3n) is 6.50. The second kappa shape index (κ2) is 11.6. The predicted octanol–water partition coefficient (Wildman–Crippen LogP) is 4.92. The molecule has 0 amide bonds. The molecule has 3 heterocycles. The molecule has 4 aromatic rings. The van der Waals surface area contributed by atoms with Crippen molar-refractivity contribution in [2.75, 3.05) is 24.0 Å². The predicted molar refractivity (Wildman–Crippen MR) is 149 cm³/mol. The number of carbonyl (C=O) groups is 1. The average molecular weight is 568 g/mol. The van der Waals surface area contributed by atoms with E-state index in [1.807, 2.05) is 36.6 Å². The molecule has 0 bridgehead atoms. The third kappa shape index (κ3) is 6.16. The number of thiophene rings is 1. The highest BCUT2D eigenvalue weighted by atomic mass is 32.2. The molecule has 0 saturated carbocycles. The molecule has 1 N–H and O–H groups in total. The summed E-state index contributed by atoms with van der Waals surface area (Å²) in [4.78, 5) is 17.2. The quantitative estimate of drug-likeness (QED) is 0.274. The number of benzene rings is 2. The van der Waals surface area contributed by atoms with Crippen LogP contribution in [0.3, 0.4) is 0 Å². The monoisotopic (exact) mass is 567 g/mol. The van der Waals surface area contributed by atoms with E-state index in [1.165, 1.54) is 4.31 Å². The van der Waals surface area contributed by atoms with Crippen molar-refractivity contribution in [1.29, 1.82) is 0 Å². The first-order valence-electron chi connectivity index (χ1n) is 12.6. The summed E-state index contributed by atoms with van der Waals surface area (Å²) in [6, 6.07) is 18.3. The Morgan fingerprint density at radius 2 is 1.95 bits per heavy atom. The van der Waals surface area contributed by atoms with Crippen LogP contribution < -0.4 is 9.04 Å². The van der Waals surface area contributed by atoms with Crippen LogP contribution in [-0.4, -0.2) is 48.5 Å². The number of nitrogens with zero attached hydrogens (tertiary/aromatic N) is 3. The summed E-state index contributed by atoms with van der Waals surface area (Å²) in [6.07, 6.45) is 2.03. The van der Waals surface area contributed by atoms with Crippen molar-refractivity contribution in [2.24, 2.45) is 0 Å². The number of ether oxygens (including phenoxy) is 1. The molecule has 0 atom stereocenters. The molecule has 39 heavy (non-hydrogen) atoms. The molecule has 2 aromatic carbocycles. The van der Waals surface area contributed by atoms with Gasteiger partial charge in [-0.2, -0.15) is 12.7 Å². The Bertz CT molecular complexity index is 1530. The molecule has 0 saturated heterocycles. The standard InChI is InChI=1S/C28H29N3O6S2/c1-20-24(29-28(37-20)26-9-5-17-38-26)14-16-36-23-12-10-21(11-13-23)18-30(19-27(32)33)39(34,35)31-15-4-7-22-6-2-3-8-25(22)31/h2-3,5-6,8-13,17H,4,7,14-16,18-19H2,1H3,(H,32,33). The van der Waals surface area contributed by atoms with E-state index in [0.29, 0.717) is 48.9 Å². The first-order chi connectivity index (χ1) is 18.8. The van der Waals surface area contributed by atoms with Crippen LogP contribution in [0.2, 0.25) is 0 Å². The lowest BCUT2D eigenvalue weighted by atomic mass is 10.0. The molecular weight excluding hydrogens is 538 g/mol. The van der Waals surface area contributed by atoms with E-state index in [-0.39, 0.29) is 6.54 Å². The van der Waals surface area contributed by atoms with Crippen LogP contribution >= 0.6 is 11.3 Å². The number of carboxylic acid groups (broad SMARTS) is 1. The lowest BCUT2D eigenvalue weighted by molar-refractivity contribution is -0.137. The minimum atomic E-state index is -4.06. The van der Waals surface area contributed by atoms with E-state index in [9.17, 15) is 18.3 Å². The number of rotatable bonds is 11. The van der Waals surface area contributed by atoms with E-state index in [4.69, 9.17) is 9.15 Å². The number of aryl methyl sites for hydroxylation is 2. The van der Waals surface area contributed by atoms with Crippen LogP contribution in [0.4, 0.5) is 5.69 Å². The maximum atomic E-state index is 13.6. The number of hydrogen-bond donors (Lipinski definition) is 1. The Hall–Kier alpha value is -3.67. The van der Waals surface area contributed by atoms with Crippen molar-refractivity contribution in [1.82, 2.24) is 9.29 Å². The van der Waals surface area contributed by atoms with Crippen LogP contribution in [0.25, 0.3) is 10.8 Å². The van der Waals surface area contributed by atoms with Gasteiger partial charge < -0.3 is 14.3 Å². The van der Waals surface area contributed by atoms with Crippen molar-refractivity contribution in [3.63, 3.8) is 0 Å². The number of anilines is 1. The molecule has 0 spiro atoms. The zero-order chi connectivity index (χ0) is 27.4. The van der Waals surface area contributed by atoms with Crippen molar-refractivity contribution < 1.29 is 27.5 Å². The highest BCUT2D eigenvalue weighted by molar-refractivity contribution is 7.90. The molecule has 5 rings (SSSR count).